The van der Waals surface area contributed by atoms with Crippen LogP contribution in [0.25, 0.3) is 0 Å². The van der Waals surface area contributed by atoms with E-state index in [1.807, 2.05) is 6.07 Å². The Kier molecular flexibility index (Phi) is 1.74. The highest BCUT2D eigenvalue weighted by atomic mass is 19.1. The highest BCUT2D eigenvalue weighted by molar-refractivity contribution is 5.60. The lowest BCUT2D eigenvalue weighted by Crippen LogP contribution is -2.30. The van der Waals surface area contributed by atoms with Crippen LogP contribution in [0, 0.1) is 5.82 Å². The Bertz CT molecular complexity index is 366. The summed E-state index contributed by atoms with van der Waals surface area (Å²) in [5.74, 6) is 0.200. The van der Waals surface area contributed by atoms with E-state index in [2.05, 4.69) is 5.32 Å². The predicted molar refractivity (Wildman–Crippen MR) is 52.0 cm³/mol. The van der Waals surface area contributed by atoms with Gasteiger partial charge in [-0.2, -0.15) is 0 Å². The normalized spacial score (nSPS) is 29.2. The molecule has 3 heteroatoms. The molecule has 0 aromatic heterocycles. The van der Waals surface area contributed by atoms with E-state index in [1.54, 1.807) is 6.07 Å². The topological polar surface area (TPSA) is 21.3 Å². The fourth-order valence-corrected chi connectivity index (χ4v) is 2.40. The molecule has 2 aliphatic heterocycles. The van der Waals surface area contributed by atoms with Crippen LogP contribution < -0.4 is 5.32 Å². The van der Waals surface area contributed by atoms with E-state index in [0.717, 1.165) is 18.6 Å². The lowest BCUT2D eigenvalue weighted by molar-refractivity contribution is 0.0769. The number of ether oxygens (including phenoxy) is 1. The summed E-state index contributed by atoms with van der Waals surface area (Å²) in [4.78, 5) is 0. The van der Waals surface area contributed by atoms with Crippen molar-refractivity contribution in [3.63, 3.8) is 0 Å². The van der Waals surface area contributed by atoms with Crippen molar-refractivity contribution >= 4 is 5.69 Å². The second-order valence-electron chi connectivity index (χ2n) is 3.92. The van der Waals surface area contributed by atoms with Gasteiger partial charge in [-0.05, 0) is 18.1 Å². The SMILES string of the molecule is Fc1cccc2c1NC1CCOCC21. The largest absolute Gasteiger partial charge is 0.381 e. The van der Waals surface area contributed by atoms with Crippen LogP contribution in [0.3, 0.4) is 0 Å². The first kappa shape index (κ1) is 8.24. The monoisotopic (exact) mass is 193 g/mol. The molecule has 2 nitrogen and oxygen atoms in total. The highest BCUT2D eigenvalue weighted by Crippen LogP contribution is 2.40. The number of hydrogen-bond acceptors (Lipinski definition) is 2. The number of rotatable bonds is 0. The van der Waals surface area contributed by atoms with E-state index >= 15 is 0 Å². The summed E-state index contributed by atoms with van der Waals surface area (Å²) in [7, 11) is 0. The lowest BCUT2D eigenvalue weighted by atomic mass is 9.93. The Morgan fingerprint density at radius 2 is 2.36 bits per heavy atom. The van der Waals surface area contributed by atoms with Crippen molar-refractivity contribution in [2.45, 2.75) is 18.4 Å². The third-order valence-corrected chi connectivity index (χ3v) is 3.13. The molecule has 2 atom stereocenters. The Hall–Kier alpha value is -1.09. The van der Waals surface area contributed by atoms with Gasteiger partial charge in [0.1, 0.15) is 5.82 Å². The molecular weight excluding hydrogens is 181 g/mol. The van der Waals surface area contributed by atoms with Crippen molar-refractivity contribution in [3.8, 4) is 0 Å². The number of para-hydroxylation sites is 1. The molecule has 1 saturated heterocycles. The van der Waals surface area contributed by atoms with E-state index in [9.17, 15) is 4.39 Å². The van der Waals surface area contributed by atoms with Crippen LogP contribution in [0.15, 0.2) is 18.2 Å². The molecule has 0 amide bonds. The first-order valence-corrected chi connectivity index (χ1v) is 4.99. The van der Waals surface area contributed by atoms with Crippen LogP contribution >= 0.6 is 0 Å². The Morgan fingerprint density at radius 1 is 1.43 bits per heavy atom. The molecule has 1 fully saturated rings. The van der Waals surface area contributed by atoms with Crippen molar-refractivity contribution in [3.05, 3.63) is 29.6 Å². The third kappa shape index (κ3) is 1.05. The van der Waals surface area contributed by atoms with Crippen LogP contribution in [-0.2, 0) is 4.74 Å². The second-order valence-corrected chi connectivity index (χ2v) is 3.92. The molecule has 0 bridgehead atoms. The Balaban J connectivity index is 2.05. The van der Waals surface area contributed by atoms with Crippen LogP contribution in [0.2, 0.25) is 0 Å². The Morgan fingerprint density at radius 3 is 3.29 bits per heavy atom. The summed E-state index contributed by atoms with van der Waals surface area (Å²) >= 11 is 0. The summed E-state index contributed by atoms with van der Waals surface area (Å²) in [6.45, 7) is 1.50. The van der Waals surface area contributed by atoms with Crippen LogP contribution in [-0.4, -0.2) is 19.3 Å². The number of halogens is 1. The number of benzene rings is 1. The lowest BCUT2D eigenvalue weighted by Gasteiger charge is -2.25. The van der Waals surface area contributed by atoms with Gasteiger partial charge in [0.25, 0.3) is 0 Å². The van der Waals surface area contributed by atoms with Gasteiger partial charge in [-0.3, -0.25) is 0 Å². The molecule has 2 aliphatic rings. The van der Waals surface area contributed by atoms with Crippen LogP contribution in [0.1, 0.15) is 17.9 Å². The van der Waals surface area contributed by atoms with Gasteiger partial charge in [0.2, 0.25) is 0 Å². The van der Waals surface area contributed by atoms with E-state index in [4.69, 9.17) is 4.74 Å². The zero-order chi connectivity index (χ0) is 9.54. The molecule has 0 saturated carbocycles. The van der Waals surface area contributed by atoms with Gasteiger partial charge in [0.05, 0.1) is 12.3 Å². The molecule has 2 unspecified atom stereocenters. The van der Waals surface area contributed by atoms with Gasteiger partial charge in [0.15, 0.2) is 0 Å². The van der Waals surface area contributed by atoms with Crippen LogP contribution in [0.5, 0.6) is 0 Å². The standard InChI is InChI=1S/C11H12FNO/c12-9-3-1-2-7-8-6-14-5-4-10(8)13-11(7)9/h1-3,8,10,13H,4-6H2. The molecule has 1 N–H and O–H groups in total. The molecule has 1 aromatic carbocycles. The molecule has 1 aromatic rings. The summed E-state index contributed by atoms with van der Waals surface area (Å²) in [5, 5.41) is 3.25. The number of hydrogen-bond donors (Lipinski definition) is 1. The zero-order valence-electron chi connectivity index (χ0n) is 7.79. The minimum atomic E-state index is -0.142. The maximum atomic E-state index is 13.4. The van der Waals surface area contributed by atoms with Crippen molar-refractivity contribution in [2.75, 3.05) is 18.5 Å². The van der Waals surface area contributed by atoms with Crippen molar-refractivity contribution < 1.29 is 9.13 Å². The second kappa shape index (κ2) is 2.95. The molecule has 3 rings (SSSR count). The molecule has 0 aliphatic carbocycles. The number of fused-ring (bicyclic) bond motifs is 3. The zero-order valence-corrected chi connectivity index (χ0v) is 7.79. The van der Waals surface area contributed by atoms with Crippen LogP contribution in [0.4, 0.5) is 10.1 Å². The number of nitrogens with one attached hydrogen (secondary N) is 1. The van der Waals surface area contributed by atoms with E-state index in [1.165, 1.54) is 6.07 Å². The quantitative estimate of drug-likeness (QED) is 0.681. The minimum Gasteiger partial charge on any atom is -0.381 e. The van der Waals surface area contributed by atoms with Gasteiger partial charge in [-0.25, -0.2) is 4.39 Å². The molecule has 0 radical (unpaired) electrons. The van der Waals surface area contributed by atoms with E-state index < -0.39 is 0 Å². The highest BCUT2D eigenvalue weighted by Gasteiger charge is 2.35. The van der Waals surface area contributed by atoms with Gasteiger partial charge in [0, 0.05) is 18.6 Å². The van der Waals surface area contributed by atoms with Crippen molar-refractivity contribution in [1.29, 1.82) is 0 Å². The van der Waals surface area contributed by atoms with Gasteiger partial charge < -0.3 is 10.1 Å². The number of anilines is 1. The summed E-state index contributed by atoms with van der Waals surface area (Å²) in [5.41, 5.74) is 1.77. The molecular formula is C11H12FNO. The smallest absolute Gasteiger partial charge is 0.146 e. The van der Waals surface area contributed by atoms with E-state index in [0.29, 0.717) is 24.3 Å². The average molecular weight is 193 g/mol. The maximum Gasteiger partial charge on any atom is 0.146 e. The summed E-state index contributed by atoms with van der Waals surface area (Å²) < 4.78 is 18.8. The first-order chi connectivity index (χ1) is 6.86. The molecule has 74 valence electrons. The predicted octanol–water partition coefficient (Wildman–Crippen LogP) is 2.12. The molecule has 14 heavy (non-hydrogen) atoms. The Labute approximate surface area is 82.1 Å². The first-order valence-electron chi connectivity index (χ1n) is 4.99. The molecule has 0 spiro atoms. The van der Waals surface area contributed by atoms with Gasteiger partial charge in [-0.15, -0.1) is 0 Å². The third-order valence-electron chi connectivity index (χ3n) is 3.13. The van der Waals surface area contributed by atoms with Crippen molar-refractivity contribution in [2.24, 2.45) is 0 Å². The average Bonchev–Trinajstić information content (AvgIpc) is 2.59. The summed E-state index contributed by atoms with van der Waals surface area (Å²) in [6, 6.07) is 5.64. The van der Waals surface area contributed by atoms with Crippen molar-refractivity contribution in [1.82, 2.24) is 0 Å². The molecule has 2 heterocycles. The summed E-state index contributed by atoms with van der Waals surface area (Å²) in [6.07, 6.45) is 0.971. The van der Waals surface area contributed by atoms with Gasteiger partial charge >= 0.3 is 0 Å². The minimum absolute atomic E-state index is 0.142. The fraction of sp³-hybridized carbons (Fsp3) is 0.455. The maximum absolute atomic E-state index is 13.4. The van der Waals surface area contributed by atoms with Gasteiger partial charge in [-0.1, -0.05) is 12.1 Å². The van der Waals surface area contributed by atoms with E-state index in [-0.39, 0.29) is 5.82 Å². The fourth-order valence-electron chi connectivity index (χ4n) is 2.40.